The molecule has 0 radical (unpaired) electrons. The Kier molecular flexibility index (Phi) is 9.53. The number of rotatable bonds is 8. The monoisotopic (exact) mass is 850 g/mol. The van der Waals surface area contributed by atoms with Crippen LogP contribution in [0.5, 0.6) is 0 Å². The number of para-hydroxylation sites is 4. The number of nitrogens with one attached hydrogen (secondary N) is 1. The summed E-state index contributed by atoms with van der Waals surface area (Å²) in [5.41, 5.74) is 15.3. The molecule has 0 fully saturated rings. The molecule has 12 rings (SSSR count). The average molecular weight is 851 g/mol. The molecule has 6 nitrogen and oxygen atoms in total. The van der Waals surface area contributed by atoms with E-state index in [0.29, 0.717) is 0 Å². The van der Waals surface area contributed by atoms with Crippen LogP contribution >= 0.6 is 0 Å². The van der Waals surface area contributed by atoms with Gasteiger partial charge in [0.15, 0.2) is 0 Å². The molecule has 10 aromatic rings. The molecule has 0 amide bonds. The lowest BCUT2D eigenvalue weighted by atomic mass is 9.98. The third-order valence-electron chi connectivity index (χ3n) is 13.2. The number of aromatic nitrogens is 4. The summed E-state index contributed by atoms with van der Waals surface area (Å²) in [5, 5.41) is 16.4. The van der Waals surface area contributed by atoms with Crippen molar-refractivity contribution >= 4 is 77.1 Å². The van der Waals surface area contributed by atoms with Crippen LogP contribution in [0.1, 0.15) is 33.1 Å². The van der Waals surface area contributed by atoms with Crippen molar-refractivity contribution < 1.29 is 0 Å². The lowest BCUT2D eigenvalue weighted by Crippen LogP contribution is -2.15. The van der Waals surface area contributed by atoms with E-state index in [-0.39, 0.29) is 5.96 Å². The van der Waals surface area contributed by atoms with Crippen LogP contribution in [-0.4, -0.2) is 30.4 Å². The Labute approximate surface area is 382 Å². The number of unbranched alkanes of at least 4 members (excludes halogenated alkanes) is 1. The maximum Gasteiger partial charge on any atom is 0.228 e. The smallest absolute Gasteiger partial charge is 0.228 e. The van der Waals surface area contributed by atoms with Crippen LogP contribution in [0.15, 0.2) is 205 Å². The van der Waals surface area contributed by atoms with Crippen LogP contribution in [-0.2, 0) is 0 Å². The van der Waals surface area contributed by atoms with E-state index in [4.69, 9.17) is 9.98 Å². The Hall–Kier alpha value is -8.35. The Morgan fingerprint density at radius 1 is 0.530 bits per heavy atom. The third kappa shape index (κ3) is 6.44. The van der Waals surface area contributed by atoms with Crippen molar-refractivity contribution in [3.05, 3.63) is 200 Å². The number of aliphatic imine (C=N–C) groups is 1. The third-order valence-corrected chi connectivity index (χ3v) is 13.2. The van der Waals surface area contributed by atoms with Gasteiger partial charge in [-0.25, -0.2) is 9.98 Å². The normalized spacial score (nSPS) is 12.4. The van der Waals surface area contributed by atoms with Crippen LogP contribution in [0, 0.1) is 5.41 Å². The highest BCUT2D eigenvalue weighted by Gasteiger charge is 2.22. The van der Waals surface area contributed by atoms with Crippen molar-refractivity contribution in [2.24, 2.45) is 4.99 Å². The van der Waals surface area contributed by atoms with Gasteiger partial charge in [-0.2, -0.15) is 0 Å². The van der Waals surface area contributed by atoms with Crippen molar-refractivity contribution in [3.63, 3.8) is 0 Å². The summed E-state index contributed by atoms with van der Waals surface area (Å²) in [7, 11) is 0. The predicted molar refractivity (Wildman–Crippen MR) is 278 cm³/mol. The summed E-state index contributed by atoms with van der Waals surface area (Å²) < 4.78 is 6.68. The summed E-state index contributed by atoms with van der Waals surface area (Å²) in [5.74, 6) is 0.907. The van der Waals surface area contributed by atoms with Crippen LogP contribution in [0.3, 0.4) is 0 Å². The largest absolute Gasteiger partial charge is 0.309 e. The second kappa shape index (κ2) is 16.0. The minimum atomic E-state index is 0.164. The molecule has 2 aromatic heterocycles. The van der Waals surface area contributed by atoms with Gasteiger partial charge in [0.1, 0.15) is 5.82 Å². The van der Waals surface area contributed by atoms with Gasteiger partial charge in [-0.3, -0.25) is 9.98 Å². The van der Waals surface area contributed by atoms with Gasteiger partial charge < -0.3 is 9.13 Å². The van der Waals surface area contributed by atoms with Gasteiger partial charge in [-0.15, -0.1) is 0 Å². The van der Waals surface area contributed by atoms with E-state index in [9.17, 15) is 5.41 Å². The first-order chi connectivity index (χ1) is 32.6. The fourth-order valence-corrected chi connectivity index (χ4v) is 10.1. The van der Waals surface area contributed by atoms with Crippen LogP contribution < -0.4 is 0 Å². The number of hydrogen-bond acceptors (Lipinski definition) is 2. The SMILES string of the molecule is C/C=C\C(CCCC)=NC(=N)n1c2nc3ccccc3c-2cc2cc(-c3ccc4c(c3)c3cc(-c5ccc6c(c5)c5ccccc5n6-c5ccccc5)ccc3n4-c3ccccc3)ccc21. The molecule has 0 atom stereocenters. The van der Waals surface area contributed by atoms with E-state index in [0.717, 1.165) is 91.7 Å². The molecule has 0 bridgehead atoms. The highest BCUT2D eigenvalue weighted by atomic mass is 15.2. The zero-order valence-corrected chi connectivity index (χ0v) is 36.9. The average Bonchev–Trinajstić information content (AvgIpc) is 4.02. The zero-order chi connectivity index (χ0) is 44.3. The van der Waals surface area contributed by atoms with Gasteiger partial charge in [0.2, 0.25) is 5.96 Å². The number of fused-ring (bicyclic) bond motifs is 10. The van der Waals surface area contributed by atoms with E-state index in [1.807, 2.05) is 35.8 Å². The summed E-state index contributed by atoms with van der Waals surface area (Å²) >= 11 is 0. The zero-order valence-electron chi connectivity index (χ0n) is 36.9. The van der Waals surface area contributed by atoms with E-state index in [1.165, 1.54) is 43.7 Å². The van der Waals surface area contributed by atoms with Crippen molar-refractivity contribution in [1.82, 2.24) is 18.7 Å². The topological polar surface area (TPSA) is 63.9 Å². The lowest BCUT2D eigenvalue weighted by Gasteiger charge is -2.16. The van der Waals surface area contributed by atoms with E-state index < -0.39 is 0 Å². The molecule has 0 saturated heterocycles. The van der Waals surface area contributed by atoms with Crippen molar-refractivity contribution in [3.8, 4) is 45.0 Å². The number of hydrogen-bond donors (Lipinski definition) is 1. The summed E-state index contributed by atoms with van der Waals surface area (Å²) in [6.45, 7) is 4.19. The highest BCUT2D eigenvalue weighted by molar-refractivity contribution is 6.14. The standard InChI is InChI=1S/C60H46N6/c1-3-5-17-44(16-4-2)62-60(61)66-54-30-26-39(34-43(54)38-52-47-22-12-14-24-53(47)63-59(52)66)40-27-32-57-50(36-40)51-37-42(29-33-58(51)65(57)46-20-10-7-11-21-46)41-28-31-56-49(35-41)48-23-13-15-25-55(48)64(56)45-18-8-6-9-19-45/h4,6-16,18-38,61H,3,5,17H2,1-2H3/b16-4-,61-60?,62-44?. The minimum Gasteiger partial charge on any atom is -0.309 e. The van der Waals surface area contributed by atoms with E-state index in [2.05, 4.69) is 192 Å². The number of nitrogens with zero attached hydrogens (tertiary/aromatic N) is 5. The maximum atomic E-state index is 9.46. The molecule has 2 aliphatic heterocycles. The quantitative estimate of drug-likeness (QED) is 0.120. The molecule has 0 spiro atoms. The highest BCUT2D eigenvalue weighted by Crippen LogP contribution is 2.41. The molecule has 6 heteroatoms. The van der Waals surface area contributed by atoms with Crippen LogP contribution in [0.4, 0.5) is 0 Å². The molecular formula is C60H46N6. The van der Waals surface area contributed by atoms with Gasteiger partial charge in [-0.1, -0.05) is 116 Å². The molecule has 1 N–H and O–H groups in total. The van der Waals surface area contributed by atoms with Crippen molar-refractivity contribution in [2.75, 3.05) is 0 Å². The summed E-state index contributed by atoms with van der Waals surface area (Å²) in [4.78, 5) is 9.99. The molecule has 8 aromatic carbocycles. The van der Waals surface area contributed by atoms with Crippen LogP contribution in [0.25, 0.3) is 110 Å². The molecular weight excluding hydrogens is 805 g/mol. The van der Waals surface area contributed by atoms with E-state index >= 15 is 0 Å². The van der Waals surface area contributed by atoms with Gasteiger partial charge in [0.25, 0.3) is 0 Å². The van der Waals surface area contributed by atoms with Crippen molar-refractivity contribution in [1.29, 1.82) is 5.41 Å². The molecule has 4 heterocycles. The molecule has 316 valence electrons. The fourth-order valence-electron chi connectivity index (χ4n) is 10.1. The van der Waals surface area contributed by atoms with Gasteiger partial charge in [0, 0.05) is 55.0 Å². The Morgan fingerprint density at radius 2 is 1.03 bits per heavy atom. The molecule has 0 unspecified atom stereocenters. The molecule has 0 aliphatic carbocycles. The lowest BCUT2D eigenvalue weighted by molar-refractivity contribution is 0.836. The number of benzene rings is 8. The first-order valence-corrected chi connectivity index (χ1v) is 22.9. The summed E-state index contributed by atoms with van der Waals surface area (Å²) in [6.07, 6.45) is 6.93. The number of allylic oxidation sites excluding steroid dienone is 2. The predicted octanol–water partition coefficient (Wildman–Crippen LogP) is 15.8. The van der Waals surface area contributed by atoms with Gasteiger partial charge in [0.05, 0.1) is 33.1 Å². The Balaban J connectivity index is 1.03. The van der Waals surface area contributed by atoms with E-state index in [1.54, 1.807) is 0 Å². The first-order valence-electron chi connectivity index (χ1n) is 22.9. The molecule has 0 saturated carbocycles. The molecule has 66 heavy (non-hydrogen) atoms. The number of pyridine rings is 1. The van der Waals surface area contributed by atoms with Gasteiger partial charge >= 0.3 is 0 Å². The molecule has 2 aliphatic rings. The van der Waals surface area contributed by atoms with Crippen molar-refractivity contribution in [2.45, 2.75) is 33.1 Å². The fraction of sp³-hybridized carbons (Fsp3) is 0.0833. The summed E-state index contributed by atoms with van der Waals surface area (Å²) in [6, 6.07) is 67.8. The first kappa shape index (κ1) is 39.3. The van der Waals surface area contributed by atoms with Crippen LogP contribution in [0.2, 0.25) is 0 Å². The second-order valence-electron chi connectivity index (χ2n) is 17.2. The Bertz CT molecular complexity index is 3880. The van der Waals surface area contributed by atoms with Gasteiger partial charge in [-0.05, 0) is 139 Å². The maximum absolute atomic E-state index is 9.46. The second-order valence-corrected chi connectivity index (χ2v) is 17.2. The minimum absolute atomic E-state index is 0.164. The Morgan fingerprint density at radius 3 is 1.62 bits per heavy atom.